The van der Waals surface area contributed by atoms with Crippen LogP contribution >= 0.6 is 11.6 Å². The number of amides is 1. The maximum Gasteiger partial charge on any atom is 0.258 e. The van der Waals surface area contributed by atoms with Crippen molar-refractivity contribution in [3.63, 3.8) is 0 Å². The molecule has 3 heterocycles. The van der Waals surface area contributed by atoms with E-state index in [1.54, 1.807) is 49.5 Å². The van der Waals surface area contributed by atoms with Crippen molar-refractivity contribution in [1.29, 1.82) is 0 Å². The number of hydrogen-bond acceptors (Lipinski definition) is 9. The number of aromatic nitrogens is 5. The average molecular weight is 617 g/mol. The van der Waals surface area contributed by atoms with Gasteiger partial charge in [-0.15, -0.1) is 0 Å². The van der Waals surface area contributed by atoms with Crippen LogP contribution in [0.4, 0.5) is 5.69 Å². The quantitative estimate of drug-likeness (QED) is 0.206. The molecule has 11 nitrogen and oxygen atoms in total. The Morgan fingerprint density at radius 1 is 1.05 bits per heavy atom. The molecule has 1 amide bonds. The first-order valence-corrected chi connectivity index (χ1v) is 14.4. The summed E-state index contributed by atoms with van der Waals surface area (Å²) in [6.07, 6.45) is 3.43. The molecule has 0 saturated heterocycles. The summed E-state index contributed by atoms with van der Waals surface area (Å²) in [4.78, 5) is 40.8. The van der Waals surface area contributed by atoms with Crippen molar-refractivity contribution in [3.05, 3.63) is 81.8 Å². The van der Waals surface area contributed by atoms with Crippen LogP contribution in [0.2, 0.25) is 5.02 Å². The predicted octanol–water partition coefficient (Wildman–Crippen LogP) is 6.17. The van der Waals surface area contributed by atoms with E-state index in [-0.39, 0.29) is 18.9 Å². The first-order valence-electron chi connectivity index (χ1n) is 14.0. The molecule has 228 valence electrons. The zero-order valence-electron chi connectivity index (χ0n) is 25.3. The van der Waals surface area contributed by atoms with Gasteiger partial charge in [-0.25, -0.2) is 4.98 Å². The molecule has 0 saturated carbocycles. The Bertz CT molecular complexity index is 1890. The Morgan fingerprint density at radius 3 is 2.55 bits per heavy atom. The van der Waals surface area contributed by atoms with Crippen molar-refractivity contribution in [1.82, 2.24) is 24.7 Å². The van der Waals surface area contributed by atoms with Gasteiger partial charge in [-0.05, 0) is 76.6 Å². The van der Waals surface area contributed by atoms with Crippen LogP contribution in [-0.2, 0) is 9.53 Å². The third-order valence-corrected chi connectivity index (χ3v) is 7.02. The van der Waals surface area contributed by atoms with Gasteiger partial charge in [0.1, 0.15) is 11.8 Å². The standard InChI is InChI=1S/C32H33ClN6O5/c1-18-16-34-25-10-8-21(14-26(25)35-18)37-30(41)27(11-12-43-32(3,4)5)39-17-28(42-6)24(15-29(39)40)23-13-20(33)7-9-22(23)31-36-19(2)38-44-31/h7-10,13-17,27H,11-12H2,1-6H3,(H,37,41). The van der Waals surface area contributed by atoms with E-state index in [2.05, 4.69) is 25.4 Å². The average Bonchev–Trinajstić information content (AvgIpc) is 3.40. The van der Waals surface area contributed by atoms with Gasteiger partial charge in [0.25, 0.3) is 11.4 Å². The normalized spacial score (nSPS) is 12.3. The third-order valence-electron chi connectivity index (χ3n) is 6.79. The van der Waals surface area contributed by atoms with Crippen LogP contribution in [-0.4, -0.2) is 49.9 Å². The number of hydrogen-bond donors (Lipinski definition) is 1. The molecule has 1 unspecified atom stereocenters. The van der Waals surface area contributed by atoms with Crippen molar-refractivity contribution in [3.8, 4) is 28.3 Å². The molecule has 0 radical (unpaired) electrons. The lowest BCUT2D eigenvalue weighted by Gasteiger charge is -2.24. The number of carbonyl (C=O) groups excluding carboxylic acids is 1. The maximum absolute atomic E-state index is 13.8. The van der Waals surface area contributed by atoms with Crippen LogP contribution in [0.5, 0.6) is 5.75 Å². The van der Waals surface area contributed by atoms with E-state index in [4.69, 9.17) is 25.6 Å². The van der Waals surface area contributed by atoms with Crippen LogP contribution in [0.25, 0.3) is 33.6 Å². The molecule has 2 aromatic carbocycles. The highest BCUT2D eigenvalue weighted by Crippen LogP contribution is 2.38. The number of nitrogens with zero attached hydrogens (tertiary/aromatic N) is 5. The zero-order valence-corrected chi connectivity index (χ0v) is 26.1. The van der Waals surface area contributed by atoms with Crippen LogP contribution < -0.4 is 15.6 Å². The Morgan fingerprint density at radius 2 is 1.84 bits per heavy atom. The fourth-order valence-corrected chi connectivity index (χ4v) is 4.93. The Hall–Kier alpha value is -4.61. The monoisotopic (exact) mass is 616 g/mol. The molecule has 0 bridgehead atoms. The van der Waals surface area contributed by atoms with E-state index in [0.717, 1.165) is 5.69 Å². The predicted molar refractivity (Wildman–Crippen MR) is 168 cm³/mol. The van der Waals surface area contributed by atoms with E-state index in [1.807, 2.05) is 27.7 Å². The first-order chi connectivity index (χ1) is 20.9. The van der Waals surface area contributed by atoms with Gasteiger partial charge in [0.05, 0.1) is 35.6 Å². The lowest BCUT2D eigenvalue weighted by Crippen LogP contribution is -2.34. The smallest absolute Gasteiger partial charge is 0.258 e. The summed E-state index contributed by atoms with van der Waals surface area (Å²) < 4.78 is 18.5. The van der Waals surface area contributed by atoms with Crippen molar-refractivity contribution in [2.75, 3.05) is 19.0 Å². The first kappa shape index (κ1) is 30.8. The third kappa shape index (κ3) is 6.95. The number of pyridine rings is 1. The highest BCUT2D eigenvalue weighted by atomic mass is 35.5. The molecule has 1 atom stereocenters. The number of nitrogens with one attached hydrogen (secondary N) is 1. The van der Waals surface area contributed by atoms with E-state index in [1.165, 1.54) is 23.9 Å². The molecule has 0 aliphatic heterocycles. The minimum absolute atomic E-state index is 0.224. The van der Waals surface area contributed by atoms with Gasteiger partial charge >= 0.3 is 0 Å². The molecule has 0 fully saturated rings. The Labute approximate surface area is 259 Å². The zero-order chi connectivity index (χ0) is 31.6. The Balaban J connectivity index is 1.55. The van der Waals surface area contributed by atoms with E-state index in [9.17, 15) is 9.59 Å². The molecule has 1 N–H and O–H groups in total. The van der Waals surface area contributed by atoms with Gasteiger partial charge < -0.3 is 19.3 Å². The van der Waals surface area contributed by atoms with Gasteiger partial charge in [-0.2, -0.15) is 4.98 Å². The summed E-state index contributed by atoms with van der Waals surface area (Å²) in [5, 5.41) is 7.27. The van der Waals surface area contributed by atoms with Crippen LogP contribution in [0.15, 0.2) is 64.2 Å². The summed E-state index contributed by atoms with van der Waals surface area (Å²) in [6, 6.07) is 10.9. The number of anilines is 1. The Kier molecular flexibility index (Phi) is 8.80. The fourth-order valence-electron chi connectivity index (χ4n) is 4.76. The number of ether oxygens (including phenoxy) is 2. The minimum atomic E-state index is -0.926. The van der Waals surface area contributed by atoms with E-state index in [0.29, 0.717) is 50.0 Å². The van der Waals surface area contributed by atoms with Crippen LogP contribution in [0, 0.1) is 13.8 Å². The van der Waals surface area contributed by atoms with Crippen LogP contribution in [0.3, 0.4) is 0 Å². The highest BCUT2D eigenvalue weighted by molar-refractivity contribution is 6.31. The van der Waals surface area contributed by atoms with E-state index < -0.39 is 23.1 Å². The largest absolute Gasteiger partial charge is 0.495 e. The lowest BCUT2D eigenvalue weighted by molar-refractivity contribution is -0.120. The molecule has 3 aromatic heterocycles. The molecular formula is C32H33ClN6O5. The van der Waals surface area contributed by atoms with Gasteiger partial charge in [0, 0.05) is 47.1 Å². The lowest BCUT2D eigenvalue weighted by atomic mass is 9.99. The number of halogens is 1. The fraction of sp³-hybridized carbons (Fsp3) is 0.312. The number of benzene rings is 2. The second kappa shape index (κ2) is 12.6. The molecule has 5 rings (SSSR count). The summed E-state index contributed by atoms with van der Waals surface area (Å²) in [6.45, 7) is 9.58. The molecule has 12 heteroatoms. The summed E-state index contributed by atoms with van der Waals surface area (Å²) in [5.74, 6) is 0.676. The molecule has 0 aliphatic carbocycles. The SMILES string of the molecule is COc1cn(C(CCOC(C)(C)C)C(=O)Nc2ccc3ncc(C)nc3c2)c(=O)cc1-c1cc(Cl)ccc1-c1nc(C)no1. The number of rotatable bonds is 9. The molecule has 0 aliphatic rings. The highest BCUT2D eigenvalue weighted by Gasteiger charge is 2.26. The van der Waals surface area contributed by atoms with Crippen molar-refractivity contribution >= 4 is 34.2 Å². The summed E-state index contributed by atoms with van der Waals surface area (Å²) >= 11 is 6.37. The van der Waals surface area contributed by atoms with E-state index >= 15 is 0 Å². The topological polar surface area (TPSA) is 134 Å². The summed E-state index contributed by atoms with van der Waals surface area (Å²) in [7, 11) is 1.49. The van der Waals surface area contributed by atoms with Gasteiger partial charge in [0.2, 0.25) is 5.91 Å². The summed E-state index contributed by atoms with van der Waals surface area (Å²) in [5.41, 5.74) is 3.37. The molecule has 44 heavy (non-hydrogen) atoms. The molecule has 5 aromatic rings. The number of aryl methyl sites for hydroxylation is 2. The van der Waals surface area contributed by atoms with Crippen molar-refractivity contribution in [2.45, 2.75) is 52.7 Å². The number of carbonyl (C=O) groups is 1. The van der Waals surface area contributed by atoms with Crippen molar-refractivity contribution in [2.24, 2.45) is 0 Å². The maximum atomic E-state index is 13.8. The van der Waals surface area contributed by atoms with Gasteiger partial charge in [-0.1, -0.05) is 16.8 Å². The molecule has 0 spiro atoms. The second-order valence-electron chi connectivity index (χ2n) is 11.3. The van der Waals surface area contributed by atoms with Gasteiger partial charge in [0.15, 0.2) is 5.82 Å². The minimum Gasteiger partial charge on any atom is -0.495 e. The number of methoxy groups -OCH3 is 1. The second-order valence-corrected chi connectivity index (χ2v) is 11.7. The molecular weight excluding hydrogens is 584 g/mol. The van der Waals surface area contributed by atoms with Crippen LogP contribution in [0.1, 0.15) is 44.8 Å². The number of fused-ring (bicyclic) bond motifs is 1. The van der Waals surface area contributed by atoms with Gasteiger partial charge in [-0.3, -0.25) is 19.1 Å². The van der Waals surface area contributed by atoms with Crippen molar-refractivity contribution < 1.29 is 18.8 Å².